The number of hydrogen-bond donors (Lipinski definition) is 0. The summed E-state index contributed by atoms with van der Waals surface area (Å²) in [7, 11) is 0. The lowest BCUT2D eigenvalue weighted by Gasteiger charge is -2.37. The first kappa shape index (κ1) is 15.4. The molecule has 3 heteroatoms. The molecule has 3 heterocycles. The van der Waals surface area contributed by atoms with Crippen molar-refractivity contribution in [2.24, 2.45) is 0 Å². The van der Waals surface area contributed by atoms with E-state index in [0.717, 1.165) is 60.0 Å². The predicted octanol–water partition coefficient (Wildman–Crippen LogP) is 4.55. The Morgan fingerprint density at radius 3 is 2.62 bits per heavy atom. The lowest BCUT2D eigenvalue weighted by molar-refractivity contribution is 0.549. The van der Waals surface area contributed by atoms with Crippen molar-refractivity contribution in [3.8, 4) is 0 Å². The summed E-state index contributed by atoms with van der Waals surface area (Å²) >= 11 is 0. The van der Waals surface area contributed by atoms with Gasteiger partial charge in [-0.1, -0.05) is 36.9 Å². The first-order chi connectivity index (χ1) is 12.7. The van der Waals surface area contributed by atoms with Crippen LogP contribution in [0.3, 0.4) is 0 Å². The summed E-state index contributed by atoms with van der Waals surface area (Å²) in [6, 6.07) is 13.9. The van der Waals surface area contributed by atoms with Crippen LogP contribution in [0.5, 0.6) is 0 Å². The molecule has 3 aromatic rings. The van der Waals surface area contributed by atoms with Crippen LogP contribution in [-0.4, -0.2) is 13.1 Å². The molecule has 0 fully saturated rings. The zero-order valence-corrected chi connectivity index (χ0v) is 14.8. The van der Waals surface area contributed by atoms with Crippen LogP contribution >= 0.6 is 0 Å². The van der Waals surface area contributed by atoms with Gasteiger partial charge >= 0.3 is 5.63 Å². The van der Waals surface area contributed by atoms with E-state index in [1.54, 1.807) is 6.07 Å². The summed E-state index contributed by atoms with van der Waals surface area (Å²) in [5.41, 5.74) is 7.18. The van der Waals surface area contributed by atoms with Crippen LogP contribution in [0.15, 0.2) is 58.3 Å². The highest BCUT2D eigenvalue weighted by atomic mass is 16.4. The van der Waals surface area contributed by atoms with Gasteiger partial charge in [0, 0.05) is 35.8 Å². The molecule has 0 radical (unpaired) electrons. The normalized spacial score (nSPS) is 15.8. The second kappa shape index (κ2) is 5.87. The van der Waals surface area contributed by atoms with Gasteiger partial charge in [0.05, 0.1) is 0 Å². The van der Waals surface area contributed by atoms with E-state index in [2.05, 4.69) is 17.5 Å². The van der Waals surface area contributed by atoms with Crippen molar-refractivity contribution in [1.82, 2.24) is 0 Å². The molecular weight excluding hydrogens is 322 g/mol. The smallest absolute Gasteiger partial charge is 0.336 e. The minimum absolute atomic E-state index is 0.297. The van der Waals surface area contributed by atoms with Crippen molar-refractivity contribution in [2.45, 2.75) is 25.7 Å². The molecule has 5 rings (SSSR count). The van der Waals surface area contributed by atoms with E-state index >= 15 is 0 Å². The number of fused-ring (bicyclic) bond motifs is 2. The second-order valence-electron chi connectivity index (χ2n) is 7.26. The molecular formula is C23H21NO2. The molecule has 2 aliphatic heterocycles. The van der Waals surface area contributed by atoms with Gasteiger partial charge in [-0.3, -0.25) is 0 Å². The number of aryl methyl sites for hydroxylation is 2. The van der Waals surface area contributed by atoms with E-state index in [1.165, 1.54) is 23.2 Å². The maximum absolute atomic E-state index is 12.4. The maximum Gasteiger partial charge on any atom is 0.336 e. The standard InChI is InChI=1S/C23H21NO2/c1-15(16-7-3-2-4-8-16)19-14-21(25)26-23-18-10-6-12-24-11-5-9-17(22(18)24)13-20(19)23/h2-4,7-8,13-14H,1,5-6,9-12H2. The molecule has 3 nitrogen and oxygen atoms in total. The summed E-state index contributed by atoms with van der Waals surface area (Å²) < 4.78 is 5.74. The van der Waals surface area contributed by atoms with Crippen molar-refractivity contribution in [3.63, 3.8) is 0 Å². The molecule has 0 saturated heterocycles. The van der Waals surface area contributed by atoms with E-state index in [-0.39, 0.29) is 5.63 Å². The molecule has 0 amide bonds. The van der Waals surface area contributed by atoms with Gasteiger partial charge in [0.25, 0.3) is 0 Å². The van der Waals surface area contributed by atoms with Crippen molar-refractivity contribution >= 4 is 22.2 Å². The van der Waals surface area contributed by atoms with E-state index in [1.807, 2.05) is 30.3 Å². The van der Waals surface area contributed by atoms with Crippen LogP contribution in [0.1, 0.15) is 35.1 Å². The number of rotatable bonds is 2. The summed E-state index contributed by atoms with van der Waals surface area (Å²) in [6.45, 7) is 6.50. The fourth-order valence-corrected chi connectivity index (χ4v) is 4.52. The largest absolute Gasteiger partial charge is 0.422 e. The average Bonchev–Trinajstić information content (AvgIpc) is 2.68. The highest BCUT2D eigenvalue weighted by Gasteiger charge is 2.27. The third-order valence-corrected chi connectivity index (χ3v) is 5.67. The fourth-order valence-electron chi connectivity index (χ4n) is 4.52. The third-order valence-electron chi connectivity index (χ3n) is 5.67. The number of anilines is 1. The Balaban J connectivity index is 1.81. The maximum atomic E-state index is 12.4. The van der Waals surface area contributed by atoms with Gasteiger partial charge < -0.3 is 9.32 Å². The SMILES string of the molecule is C=C(c1ccccc1)c1cc(=O)oc2c3c4c(cc12)CCCN4CCC3. The first-order valence-electron chi connectivity index (χ1n) is 9.34. The van der Waals surface area contributed by atoms with Crippen LogP contribution in [-0.2, 0) is 12.8 Å². The molecule has 2 aliphatic rings. The lowest BCUT2D eigenvalue weighted by atomic mass is 9.87. The van der Waals surface area contributed by atoms with Gasteiger partial charge in [-0.15, -0.1) is 0 Å². The molecule has 0 aliphatic carbocycles. The van der Waals surface area contributed by atoms with Crippen LogP contribution in [0, 0.1) is 0 Å². The van der Waals surface area contributed by atoms with Gasteiger partial charge in [-0.05, 0) is 54.0 Å². The van der Waals surface area contributed by atoms with Gasteiger partial charge in [-0.2, -0.15) is 0 Å². The molecule has 0 spiro atoms. The molecule has 0 bridgehead atoms. The molecule has 1 aromatic heterocycles. The first-order valence-corrected chi connectivity index (χ1v) is 9.34. The fraction of sp³-hybridized carbons (Fsp3) is 0.261. The Kier molecular flexibility index (Phi) is 3.49. The highest BCUT2D eigenvalue weighted by molar-refractivity contribution is 5.98. The van der Waals surface area contributed by atoms with Gasteiger partial charge in [0.2, 0.25) is 0 Å². The van der Waals surface area contributed by atoms with Crippen molar-refractivity contribution < 1.29 is 4.42 Å². The summed E-state index contributed by atoms with van der Waals surface area (Å²) in [6.07, 6.45) is 4.36. The zero-order valence-electron chi connectivity index (χ0n) is 14.8. The predicted molar refractivity (Wildman–Crippen MR) is 106 cm³/mol. The van der Waals surface area contributed by atoms with E-state index < -0.39 is 0 Å². The molecule has 0 saturated carbocycles. The monoisotopic (exact) mass is 343 g/mol. The Hall–Kier alpha value is -2.81. The van der Waals surface area contributed by atoms with E-state index in [4.69, 9.17) is 4.42 Å². The van der Waals surface area contributed by atoms with Crippen LogP contribution in [0.4, 0.5) is 5.69 Å². The van der Waals surface area contributed by atoms with Crippen molar-refractivity contribution in [2.75, 3.05) is 18.0 Å². The summed E-state index contributed by atoms with van der Waals surface area (Å²) in [5.74, 6) is 0. The Labute approximate surface area is 152 Å². The van der Waals surface area contributed by atoms with Gasteiger partial charge in [0.15, 0.2) is 0 Å². The minimum Gasteiger partial charge on any atom is -0.422 e. The van der Waals surface area contributed by atoms with Gasteiger partial charge in [-0.25, -0.2) is 4.79 Å². The lowest BCUT2D eigenvalue weighted by Crippen LogP contribution is -2.34. The molecule has 0 N–H and O–H groups in total. The van der Waals surface area contributed by atoms with Crippen molar-refractivity contribution in [3.05, 3.63) is 81.7 Å². The average molecular weight is 343 g/mol. The minimum atomic E-state index is -0.297. The summed E-state index contributed by atoms with van der Waals surface area (Å²) in [4.78, 5) is 14.8. The highest BCUT2D eigenvalue weighted by Crippen LogP contribution is 2.41. The number of hydrogen-bond acceptors (Lipinski definition) is 3. The Morgan fingerprint density at radius 1 is 1.04 bits per heavy atom. The third kappa shape index (κ3) is 2.31. The van der Waals surface area contributed by atoms with E-state index in [9.17, 15) is 4.79 Å². The van der Waals surface area contributed by atoms with Crippen molar-refractivity contribution in [1.29, 1.82) is 0 Å². The molecule has 26 heavy (non-hydrogen) atoms. The van der Waals surface area contributed by atoms with Crippen LogP contribution < -0.4 is 10.5 Å². The van der Waals surface area contributed by atoms with Gasteiger partial charge in [0.1, 0.15) is 5.58 Å². The topological polar surface area (TPSA) is 33.5 Å². The number of benzene rings is 2. The quantitative estimate of drug-likeness (QED) is 0.640. The summed E-state index contributed by atoms with van der Waals surface area (Å²) in [5, 5.41) is 1.02. The molecule has 2 aromatic carbocycles. The Morgan fingerprint density at radius 2 is 1.81 bits per heavy atom. The Bertz CT molecular complexity index is 1080. The molecule has 0 unspecified atom stereocenters. The molecule has 0 atom stereocenters. The second-order valence-corrected chi connectivity index (χ2v) is 7.26. The zero-order chi connectivity index (χ0) is 17.7. The van der Waals surface area contributed by atoms with Crippen LogP contribution in [0.25, 0.3) is 16.5 Å². The number of nitrogens with zero attached hydrogens (tertiary/aromatic N) is 1. The van der Waals surface area contributed by atoms with Crippen LogP contribution in [0.2, 0.25) is 0 Å². The molecule has 130 valence electrons. The van der Waals surface area contributed by atoms with E-state index in [0.29, 0.717) is 0 Å².